The van der Waals surface area contributed by atoms with Crippen molar-refractivity contribution in [1.82, 2.24) is 5.32 Å². The molecule has 0 heterocycles. The predicted molar refractivity (Wildman–Crippen MR) is 132 cm³/mol. The van der Waals surface area contributed by atoms with Crippen LogP contribution >= 0.6 is 0 Å². The van der Waals surface area contributed by atoms with Gasteiger partial charge in [-0.2, -0.15) is 0 Å². The van der Waals surface area contributed by atoms with Gasteiger partial charge in [0.25, 0.3) is 0 Å². The smallest absolute Gasteiger partial charge is 0.219 e. The zero-order valence-electron chi connectivity index (χ0n) is 20.9. The van der Waals surface area contributed by atoms with Crippen molar-refractivity contribution in [3.05, 3.63) is 12.2 Å². The predicted octanol–water partition coefficient (Wildman–Crippen LogP) is 4.96. The number of nitrogens with one attached hydrogen (secondary N) is 1. The van der Waals surface area contributed by atoms with Crippen LogP contribution in [0.4, 0.5) is 0 Å². The lowest BCUT2D eigenvalue weighted by Crippen LogP contribution is -2.47. The number of amides is 1. The maximum Gasteiger partial charge on any atom is 0.219 e. The van der Waals surface area contributed by atoms with Gasteiger partial charge in [0.2, 0.25) is 5.91 Å². The fourth-order valence-electron chi connectivity index (χ4n) is 3.90. The zero-order valence-corrected chi connectivity index (χ0v) is 20.9. The normalized spacial score (nSPS) is 13.1. The highest BCUT2D eigenvalue weighted by molar-refractivity contribution is 5.75. The highest BCUT2D eigenvalue weighted by Gasteiger charge is 2.19. The van der Waals surface area contributed by atoms with E-state index in [1.165, 1.54) is 70.6 Å². The monoisotopic (exact) mass is 441 g/mol. The first-order valence-electron chi connectivity index (χ1n) is 12.9. The number of nitrogens with zero attached hydrogens (tertiary/aromatic N) is 1. The lowest BCUT2D eigenvalue weighted by molar-refractivity contribution is -0.893. The van der Waals surface area contributed by atoms with Gasteiger partial charge in [-0.3, -0.25) is 4.79 Å². The Hall–Kier alpha value is -0.910. The molecule has 0 bridgehead atoms. The molecule has 3 N–H and O–H groups in total. The topological polar surface area (TPSA) is 69.6 Å². The lowest BCUT2D eigenvalue weighted by Gasteiger charge is -2.31. The molecule has 0 saturated heterocycles. The molecule has 184 valence electrons. The third-order valence-electron chi connectivity index (χ3n) is 5.84. The molecule has 0 aromatic heterocycles. The summed E-state index contributed by atoms with van der Waals surface area (Å²) in [7, 11) is 4.07. The van der Waals surface area contributed by atoms with Crippen molar-refractivity contribution in [2.45, 2.75) is 109 Å². The standard InChI is InChI=1S/C26H52N2O3/c1-4-5-6-7-8-9-10-11-12-13-14-15-16-17-18-20-26(31)27-21-19-22-28(2,3)23-25(30)24-29/h11-12,25,29-30H,4-10,13-24H2,1-3H3/p+1/b12-11-. The number of hydrogen-bond acceptors (Lipinski definition) is 3. The van der Waals surface area contributed by atoms with Crippen LogP contribution in [0.3, 0.4) is 0 Å². The molecule has 0 saturated carbocycles. The van der Waals surface area contributed by atoms with Crippen LogP contribution in [0.2, 0.25) is 0 Å². The van der Waals surface area contributed by atoms with E-state index in [0.29, 0.717) is 24.0 Å². The van der Waals surface area contributed by atoms with Crippen LogP contribution in [-0.4, -0.2) is 67.0 Å². The summed E-state index contributed by atoms with van der Waals surface area (Å²) in [6.07, 6.45) is 22.1. The van der Waals surface area contributed by atoms with Crippen LogP contribution in [0.15, 0.2) is 12.2 Å². The molecule has 1 amide bonds. The molecule has 0 aliphatic carbocycles. The minimum atomic E-state index is -0.675. The van der Waals surface area contributed by atoms with Gasteiger partial charge in [-0.05, 0) is 32.1 Å². The molecule has 0 spiro atoms. The van der Waals surface area contributed by atoms with Gasteiger partial charge in [0.15, 0.2) is 0 Å². The van der Waals surface area contributed by atoms with Gasteiger partial charge < -0.3 is 20.0 Å². The Bertz CT molecular complexity index is 438. The zero-order chi connectivity index (χ0) is 23.2. The van der Waals surface area contributed by atoms with Gasteiger partial charge in [-0.15, -0.1) is 0 Å². The Morgan fingerprint density at radius 2 is 1.42 bits per heavy atom. The summed E-state index contributed by atoms with van der Waals surface area (Å²) in [5, 5.41) is 21.5. The molecule has 0 rings (SSSR count). The van der Waals surface area contributed by atoms with Gasteiger partial charge >= 0.3 is 0 Å². The van der Waals surface area contributed by atoms with E-state index >= 15 is 0 Å². The summed E-state index contributed by atoms with van der Waals surface area (Å²) >= 11 is 0. The Labute approximate surface area is 192 Å². The second kappa shape index (κ2) is 21.0. The maximum absolute atomic E-state index is 11.9. The number of hydrogen-bond donors (Lipinski definition) is 3. The van der Waals surface area contributed by atoms with E-state index in [2.05, 4.69) is 24.4 Å². The second-order valence-electron chi connectivity index (χ2n) is 9.72. The quantitative estimate of drug-likeness (QED) is 0.126. The molecule has 0 aliphatic heterocycles. The molecule has 5 nitrogen and oxygen atoms in total. The fraction of sp³-hybridized carbons (Fsp3) is 0.885. The number of carbonyl (C=O) groups excluding carboxylic acids is 1. The van der Waals surface area contributed by atoms with Crippen LogP contribution in [0.5, 0.6) is 0 Å². The Morgan fingerprint density at radius 1 is 0.871 bits per heavy atom. The number of rotatable bonds is 22. The molecule has 0 radical (unpaired) electrons. The van der Waals surface area contributed by atoms with E-state index in [1.807, 2.05) is 14.1 Å². The van der Waals surface area contributed by atoms with E-state index in [-0.39, 0.29) is 12.5 Å². The van der Waals surface area contributed by atoms with Crippen molar-refractivity contribution in [2.75, 3.05) is 40.3 Å². The van der Waals surface area contributed by atoms with Crippen LogP contribution in [0, 0.1) is 0 Å². The lowest BCUT2D eigenvalue weighted by atomic mass is 10.1. The van der Waals surface area contributed by atoms with Crippen LogP contribution < -0.4 is 5.32 Å². The Balaban J connectivity index is 3.42. The average Bonchev–Trinajstić information content (AvgIpc) is 2.73. The Kier molecular flexibility index (Phi) is 20.3. The second-order valence-corrected chi connectivity index (χ2v) is 9.72. The van der Waals surface area contributed by atoms with Crippen molar-refractivity contribution in [1.29, 1.82) is 0 Å². The van der Waals surface area contributed by atoms with Gasteiger partial charge in [0, 0.05) is 19.4 Å². The van der Waals surface area contributed by atoms with E-state index < -0.39 is 6.10 Å². The van der Waals surface area contributed by atoms with Crippen molar-refractivity contribution >= 4 is 5.91 Å². The number of likely N-dealkylation sites (N-methyl/N-ethyl adjacent to an activating group) is 1. The number of aliphatic hydroxyl groups is 2. The first-order chi connectivity index (χ1) is 14.9. The third kappa shape index (κ3) is 22.1. The number of aliphatic hydroxyl groups excluding tert-OH is 2. The summed E-state index contributed by atoms with van der Waals surface area (Å²) in [6.45, 7) is 4.14. The number of carbonyl (C=O) groups is 1. The minimum absolute atomic E-state index is 0.151. The van der Waals surface area contributed by atoms with Gasteiger partial charge in [0.1, 0.15) is 12.6 Å². The summed E-state index contributed by atoms with van der Waals surface area (Å²) < 4.78 is 0.645. The van der Waals surface area contributed by atoms with E-state index in [4.69, 9.17) is 5.11 Å². The van der Waals surface area contributed by atoms with Gasteiger partial charge in [-0.1, -0.05) is 70.4 Å². The number of unbranched alkanes of at least 4 members (excludes halogenated alkanes) is 11. The molecule has 0 fully saturated rings. The van der Waals surface area contributed by atoms with E-state index in [1.54, 1.807) is 0 Å². The van der Waals surface area contributed by atoms with Crippen molar-refractivity contribution in [3.8, 4) is 0 Å². The molecule has 0 aliphatic rings. The fourth-order valence-corrected chi connectivity index (χ4v) is 3.90. The van der Waals surface area contributed by atoms with Crippen molar-refractivity contribution in [3.63, 3.8) is 0 Å². The minimum Gasteiger partial charge on any atom is -0.393 e. The molecule has 31 heavy (non-hydrogen) atoms. The summed E-state index contributed by atoms with van der Waals surface area (Å²) in [5.74, 6) is 0.151. The van der Waals surface area contributed by atoms with Crippen LogP contribution in [0.25, 0.3) is 0 Å². The molecule has 1 unspecified atom stereocenters. The number of quaternary nitrogens is 1. The highest BCUT2D eigenvalue weighted by Crippen LogP contribution is 2.10. The van der Waals surface area contributed by atoms with Crippen LogP contribution in [0.1, 0.15) is 103 Å². The molecular weight excluding hydrogens is 388 g/mol. The molecular formula is C26H53N2O3+. The van der Waals surface area contributed by atoms with Gasteiger partial charge in [-0.25, -0.2) is 0 Å². The third-order valence-corrected chi connectivity index (χ3v) is 5.84. The molecule has 0 aromatic rings. The Morgan fingerprint density at radius 3 is 2.00 bits per heavy atom. The van der Waals surface area contributed by atoms with E-state index in [0.717, 1.165) is 25.8 Å². The average molecular weight is 442 g/mol. The largest absolute Gasteiger partial charge is 0.393 e. The molecule has 5 heteroatoms. The van der Waals surface area contributed by atoms with Gasteiger partial charge in [0.05, 0.1) is 27.2 Å². The first-order valence-corrected chi connectivity index (χ1v) is 12.9. The summed E-state index contributed by atoms with van der Waals surface area (Å²) in [6, 6.07) is 0. The van der Waals surface area contributed by atoms with Crippen molar-refractivity contribution in [2.24, 2.45) is 0 Å². The molecule has 1 atom stereocenters. The SMILES string of the molecule is CCCCCCCC/C=C\CCCCCCCC(=O)NCCC[N+](C)(C)CC(O)CO. The van der Waals surface area contributed by atoms with E-state index in [9.17, 15) is 9.90 Å². The first kappa shape index (κ1) is 30.1. The molecule has 0 aromatic carbocycles. The van der Waals surface area contributed by atoms with Crippen molar-refractivity contribution < 1.29 is 19.5 Å². The number of allylic oxidation sites excluding steroid dienone is 2. The highest BCUT2D eigenvalue weighted by atomic mass is 16.3. The maximum atomic E-state index is 11.9. The van der Waals surface area contributed by atoms with Crippen LogP contribution in [-0.2, 0) is 4.79 Å². The summed E-state index contributed by atoms with van der Waals surface area (Å²) in [4.78, 5) is 11.9. The summed E-state index contributed by atoms with van der Waals surface area (Å²) in [5.41, 5.74) is 0.